The van der Waals surface area contributed by atoms with Gasteiger partial charge in [-0.1, -0.05) is 67.9 Å². The molecule has 8 heteroatoms. The lowest BCUT2D eigenvalue weighted by Crippen LogP contribution is -2.66. The van der Waals surface area contributed by atoms with E-state index in [4.69, 9.17) is 4.74 Å². The van der Waals surface area contributed by atoms with E-state index in [9.17, 15) is 24.3 Å². The van der Waals surface area contributed by atoms with E-state index in [2.05, 4.69) is 59.1 Å². The fraction of sp³-hybridized carbons (Fsp3) is 0.867. The summed E-state index contributed by atoms with van der Waals surface area (Å²) in [4.78, 5) is 53.2. The van der Waals surface area contributed by atoms with E-state index < -0.39 is 17.3 Å². The quantitative estimate of drug-likeness (QED) is 0.215. The van der Waals surface area contributed by atoms with Crippen LogP contribution >= 0.6 is 0 Å². The number of carboxylic acids is 1. The van der Waals surface area contributed by atoms with Crippen molar-refractivity contribution in [3.8, 4) is 0 Å². The van der Waals surface area contributed by atoms with Gasteiger partial charge in [-0.2, -0.15) is 0 Å². The van der Waals surface area contributed by atoms with E-state index in [1.807, 2.05) is 13.8 Å². The fourth-order valence-electron chi connectivity index (χ4n) is 14.8. The van der Waals surface area contributed by atoms with Crippen molar-refractivity contribution in [2.24, 2.45) is 73.9 Å². The summed E-state index contributed by atoms with van der Waals surface area (Å²) >= 11 is 0. The van der Waals surface area contributed by atoms with Crippen LogP contribution in [0.5, 0.6) is 0 Å². The van der Waals surface area contributed by atoms with E-state index in [-0.39, 0.29) is 62.7 Å². The van der Waals surface area contributed by atoms with Crippen molar-refractivity contribution >= 4 is 23.6 Å². The van der Waals surface area contributed by atoms with E-state index >= 15 is 0 Å². The van der Waals surface area contributed by atoms with Crippen molar-refractivity contribution in [1.82, 2.24) is 10.6 Å². The molecule has 0 aromatic carbocycles. The second kappa shape index (κ2) is 13.2. The molecule has 0 unspecified atom stereocenters. The third-order valence-corrected chi connectivity index (χ3v) is 18.1. The Morgan fingerprint density at radius 2 is 1.60 bits per heavy atom. The zero-order chi connectivity index (χ0) is 38.5. The molecular formula is C45H70N2O6. The first-order valence-electron chi connectivity index (χ1n) is 21.4. The van der Waals surface area contributed by atoms with Crippen LogP contribution in [0.1, 0.15) is 146 Å². The first kappa shape index (κ1) is 39.0. The lowest BCUT2D eigenvalue weighted by atomic mass is 9.33. The van der Waals surface area contributed by atoms with Crippen LogP contribution < -0.4 is 10.6 Å². The molecule has 7 aliphatic rings. The molecule has 7 rings (SSSR count). The molecule has 3 N–H and O–H groups in total. The fourth-order valence-corrected chi connectivity index (χ4v) is 14.8. The van der Waals surface area contributed by atoms with Gasteiger partial charge in [-0.15, -0.1) is 0 Å². The summed E-state index contributed by atoms with van der Waals surface area (Å²) in [5, 5.41) is 16.4. The monoisotopic (exact) mass is 735 g/mol. The van der Waals surface area contributed by atoms with Crippen molar-refractivity contribution in [2.75, 3.05) is 19.6 Å². The van der Waals surface area contributed by atoms with Gasteiger partial charge in [0.2, 0.25) is 5.91 Å². The van der Waals surface area contributed by atoms with Gasteiger partial charge in [0.1, 0.15) is 6.10 Å². The Hall–Kier alpha value is -2.22. The van der Waals surface area contributed by atoms with Crippen molar-refractivity contribution in [3.05, 3.63) is 11.1 Å². The van der Waals surface area contributed by atoms with E-state index in [0.717, 1.165) is 82.9 Å². The highest BCUT2D eigenvalue weighted by molar-refractivity contribution is 6.01. The minimum Gasteiger partial charge on any atom is -0.481 e. The summed E-state index contributed by atoms with van der Waals surface area (Å²) in [7, 11) is 0. The average molecular weight is 735 g/mol. The number of ketones is 1. The molecule has 0 aromatic heterocycles. The number of nitrogens with one attached hydrogen (secondary N) is 2. The van der Waals surface area contributed by atoms with Crippen LogP contribution in [0.2, 0.25) is 0 Å². The molecule has 1 amide bonds. The van der Waals surface area contributed by atoms with Crippen LogP contribution in [-0.4, -0.2) is 54.5 Å². The maximum atomic E-state index is 14.0. The average Bonchev–Trinajstić information content (AvgIpc) is 3.37. The number of hydrogen-bond acceptors (Lipinski definition) is 6. The molecule has 6 aliphatic carbocycles. The summed E-state index contributed by atoms with van der Waals surface area (Å²) in [6.07, 6.45) is 11.6. The van der Waals surface area contributed by atoms with E-state index in [1.165, 1.54) is 5.57 Å². The number of hydrogen-bond donors (Lipinski definition) is 3. The minimum absolute atomic E-state index is 0.0294. The number of carbonyl (C=O) groups is 4. The first-order valence-corrected chi connectivity index (χ1v) is 21.4. The smallest absolute Gasteiger partial charge is 0.309 e. The van der Waals surface area contributed by atoms with Gasteiger partial charge in [0.05, 0.1) is 11.8 Å². The lowest BCUT2D eigenvalue weighted by molar-refractivity contribution is -0.236. The maximum Gasteiger partial charge on any atom is 0.309 e. The number of fused-ring (bicyclic) bond motifs is 7. The second-order valence-corrected chi connectivity index (χ2v) is 21.5. The Morgan fingerprint density at radius 1 is 0.868 bits per heavy atom. The molecule has 6 fully saturated rings. The standard InChI is InChI=1S/C45H70N2O6/c1-26(2)36-31(48)22-45(23-35(49)47-25-27-11-10-20-46-24-27)19-18-43(8)28(37(36)45)12-13-33-42(7)16-15-34(41(5,6)32(42)14-17-44(33,43)9)53-39(52)30-21-29(38(50)51)40(30,3)4/h26-30,32-34,46H,10-25H2,1-9H3,(H,47,49)(H,50,51)/t27-,28+,29-,30+,32-,33+,34-,42-,43+,44+,45-/m0/s1. The Labute approximate surface area is 319 Å². The van der Waals surface area contributed by atoms with Gasteiger partial charge in [-0.25, -0.2) is 0 Å². The number of Topliss-reactive ketones (excluding diaryl/α,β-unsaturated/α-hetero) is 1. The molecule has 1 heterocycles. The number of carbonyl (C=O) groups excluding carboxylic acids is 3. The normalized spacial score (nSPS) is 44.2. The van der Waals surface area contributed by atoms with E-state index in [1.54, 1.807) is 0 Å². The van der Waals surface area contributed by atoms with Crippen molar-refractivity contribution in [3.63, 3.8) is 0 Å². The third kappa shape index (κ3) is 5.82. The van der Waals surface area contributed by atoms with Crippen LogP contribution in [0.25, 0.3) is 0 Å². The van der Waals surface area contributed by atoms with Crippen LogP contribution in [-0.2, 0) is 23.9 Å². The lowest BCUT2D eigenvalue weighted by Gasteiger charge is -2.72. The number of amides is 1. The highest BCUT2D eigenvalue weighted by Gasteiger charge is 2.70. The summed E-state index contributed by atoms with van der Waals surface area (Å²) in [6.45, 7) is 23.2. The van der Waals surface area contributed by atoms with Crippen LogP contribution in [0, 0.1) is 73.9 Å². The molecule has 5 saturated carbocycles. The zero-order valence-corrected chi connectivity index (χ0v) is 34.4. The van der Waals surface area contributed by atoms with Gasteiger partial charge < -0.3 is 20.5 Å². The van der Waals surface area contributed by atoms with Gasteiger partial charge in [0, 0.05) is 30.2 Å². The predicted octanol–water partition coefficient (Wildman–Crippen LogP) is 8.13. The Kier molecular flexibility index (Phi) is 9.71. The summed E-state index contributed by atoms with van der Waals surface area (Å²) < 4.78 is 6.42. The molecule has 0 spiro atoms. The summed E-state index contributed by atoms with van der Waals surface area (Å²) in [6, 6.07) is 0. The summed E-state index contributed by atoms with van der Waals surface area (Å²) in [5.41, 5.74) is 1.47. The molecule has 0 aromatic rings. The molecule has 53 heavy (non-hydrogen) atoms. The Morgan fingerprint density at radius 3 is 2.25 bits per heavy atom. The number of carboxylic acid groups (broad SMARTS) is 1. The first-order chi connectivity index (χ1) is 24.7. The molecule has 8 nitrogen and oxygen atoms in total. The molecule has 296 valence electrons. The molecular weight excluding hydrogens is 665 g/mol. The highest BCUT2D eigenvalue weighted by atomic mass is 16.5. The number of rotatable bonds is 8. The Bertz CT molecular complexity index is 1560. The van der Waals surface area contributed by atoms with Crippen LogP contribution in [0.3, 0.4) is 0 Å². The van der Waals surface area contributed by atoms with E-state index in [0.29, 0.717) is 49.5 Å². The zero-order valence-electron chi connectivity index (χ0n) is 34.4. The predicted molar refractivity (Wildman–Crippen MR) is 206 cm³/mol. The highest BCUT2D eigenvalue weighted by Crippen LogP contribution is 2.77. The minimum atomic E-state index is -0.824. The van der Waals surface area contributed by atoms with Gasteiger partial charge in [0.25, 0.3) is 0 Å². The van der Waals surface area contributed by atoms with Gasteiger partial charge in [-0.3, -0.25) is 19.2 Å². The van der Waals surface area contributed by atoms with Crippen LogP contribution in [0.4, 0.5) is 0 Å². The van der Waals surface area contributed by atoms with Gasteiger partial charge >= 0.3 is 11.9 Å². The molecule has 0 radical (unpaired) electrons. The molecule has 1 aliphatic heterocycles. The number of piperidine rings is 1. The Balaban J connectivity index is 1.12. The number of ether oxygens (including phenoxy) is 1. The van der Waals surface area contributed by atoms with Gasteiger partial charge in [0.15, 0.2) is 5.78 Å². The summed E-state index contributed by atoms with van der Waals surface area (Å²) in [5.74, 6) is 0.348. The van der Waals surface area contributed by atoms with Crippen molar-refractivity contribution in [2.45, 2.75) is 152 Å². The van der Waals surface area contributed by atoms with Gasteiger partial charge in [-0.05, 0) is 141 Å². The van der Waals surface area contributed by atoms with Crippen molar-refractivity contribution in [1.29, 1.82) is 0 Å². The van der Waals surface area contributed by atoms with Crippen LogP contribution in [0.15, 0.2) is 11.1 Å². The molecule has 0 bridgehead atoms. The second-order valence-electron chi connectivity index (χ2n) is 21.5. The third-order valence-electron chi connectivity index (χ3n) is 18.1. The number of allylic oxidation sites excluding steroid dienone is 2. The maximum absolute atomic E-state index is 14.0. The SMILES string of the molecule is CC(C)C1=C2[C@H]3CC[C@@H]4[C@@]5(C)CC[C@H](OC(=O)[C@H]6C[C@@H](C(=O)O)C6(C)C)C(C)(C)[C@@H]5CC[C@@]4(C)[C@]3(C)CC[C@@]2(CC(=O)NC[C@H]2CCCNC2)CC1=O. The molecule has 11 atom stereocenters. The largest absolute Gasteiger partial charge is 0.481 e. The number of esters is 1. The van der Waals surface area contributed by atoms with Crippen molar-refractivity contribution < 1.29 is 29.0 Å². The molecule has 1 saturated heterocycles. The topological polar surface area (TPSA) is 122 Å². The number of aliphatic carboxylic acids is 1.